The number of halogens is 4. The molecule has 1 aromatic heterocycles. The summed E-state index contributed by atoms with van der Waals surface area (Å²) in [4.78, 5) is 12.6. The average molecular weight is 384 g/mol. The molecule has 0 spiro atoms. The SMILES string of the molecule is O=C(N[C@H](Nc1ccccc1Cl)C(Cl)(Cl)Cl)c1cccs1. The van der Waals surface area contributed by atoms with Crippen molar-refractivity contribution < 1.29 is 4.79 Å². The Hall–Kier alpha value is -0.650. The molecular weight excluding hydrogens is 374 g/mol. The molecule has 2 N–H and O–H groups in total. The molecule has 3 nitrogen and oxygen atoms in total. The highest BCUT2D eigenvalue weighted by molar-refractivity contribution is 7.12. The van der Waals surface area contributed by atoms with Crippen LogP contribution in [-0.2, 0) is 0 Å². The molecule has 21 heavy (non-hydrogen) atoms. The number of thiophene rings is 1. The van der Waals surface area contributed by atoms with Gasteiger partial charge >= 0.3 is 0 Å². The van der Waals surface area contributed by atoms with E-state index in [1.807, 2.05) is 0 Å². The summed E-state index contributed by atoms with van der Waals surface area (Å²) in [7, 11) is 0. The fraction of sp³-hybridized carbons (Fsp3) is 0.154. The number of benzene rings is 1. The Kier molecular flexibility index (Phi) is 5.63. The molecular formula is C13H10Cl4N2OS. The van der Waals surface area contributed by atoms with Crippen molar-refractivity contribution in [3.8, 4) is 0 Å². The van der Waals surface area contributed by atoms with Crippen LogP contribution in [0.25, 0.3) is 0 Å². The molecule has 0 fully saturated rings. The van der Waals surface area contributed by atoms with Crippen LogP contribution in [-0.4, -0.2) is 15.9 Å². The molecule has 1 atom stereocenters. The van der Waals surface area contributed by atoms with E-state index in [-0.39, 0.29) is 5.91 Å². The quantitative estimate of drug-likeness (QED) is 0.579. The standard InChI is InChI=1S/C13H10Cl4N2OS/c14-8-4-1-2-5-9(8)18-12(13(15,16)17)19-11(20)10-6-3-7-21-10/h1-7,12,18H,(H,19,20)/t12-/m0/s1. The van der Waals surface area contributed by atoms with Gasteiger partial charge in [0.25, 0.3) is 5.91 Å². The number of hydrogen-bond acceptors (Lipinski definition) is 3. The van der Waals surface area contributed by atoms with Gasteiger partial charge in [-0.2, -0.15) is 0 Å². The fourth-order valence-electron chi connectivity index (χ4n) is 1.54. The predicted octanol–water partition coefficient (Wildman–Crippen LogP) is 4.94. The van der Waals surface area contributed by atoms with Gasteiger partial charge in [0.2, 0.25) is 3.79 Å². The lowest BCUT2D eigenvalue weighted by atomic mass is 10.3. The monoisotopic (exact) mass is 382 g/mol. The van der Waals surface area contributed by atoms with Crippen molar-refractivity contribution >= 4 is 69.3 Å². The molecule has 0 aliphatic carbocycles. The predicted molar refractivity (Wildman–Crippen MR) is 90.9 cm³/mol. The molecule has 8 heteroatoms. The van der Waals surface area contributed by atoms with Crippen LogP contribution in [0.3, 0.4) is 0 Å². The lowest BCUT2D eigenvalue weighted by Gasteiger charge is -2.27. The molecule has 0 saturated carbocycles. The minimum atomic E-state index is -1.74. The van der Waals surface area contributed by atoms with E-state index in [2.05, 4.69) is 10.6 Å². The summed E-state index contributed by atoms with van der Waals surface area (Å²) in [5, 5.41) is 7.82. The largest absolute Gasteiger partial charge is 0.361 e. The van der Waals surface area contributed by atoms with E-state index < -0.39 is 9.96 Å². The van der Waals surface area contributed by atoms with Crippen LogP contribution in [0.1, 0.15) is 9.67 Å². The number of carbonyl (C=O) groups excluding carboxylic acids is 1. The summed E-state index contributed by atoms with van der Waals surface area (Å²) in [5.74, 6) is -0.333. The Morgan fingerprint density at radius 2 is 1.86 bits per heavy atom. The molecule has 0 unspecified atom stereocenters. The number of alkyl halides is 3. The number of para-hydroxylation sites is 1. The summed E-state index contributed by atoms with van der Waals surface area (Å²) in [6, 6.07) is 10.4. The molecule has 0 aliphatic heterocycles. The molecule has 0 radical (unpaired) electrons. The second-order valence-corrected chi connectivity index (χ2v) is 7.77. The molecule has 1 heterocycles. The first-order valence-corrected chi connectivity index (χ1v) is 8.19. The minimum absolute atomic E-state index is 0.333. The number of hydrogen-bond donors (Lipinski definition) is 2. The normalized spacial score (nSPS) is 12.8. The van der Waals surface area contributed by atoms with Gasteiger partial charge in [0.05, 0.1) is 15.6 Å². The third-order valence-corrected chi connectivity index (χ3v) is 4.37. The fourth-order valence-corrected chi connectivity index (χ4v) is 2.69. The second kappa shape index (κ2) is 7.07. The van der Waals surface area contributed by atoms with Gasteiger partial charge < -0.3 is 10.6 Å². The maximum Gasteiger partial charge on any atom is 0.263 e. The summed E-state index contributed by atoms with van der Waals surface area (Å²) in [6.07, 6.45) is -0.933. The smallest absolute Gasteiger partial charge is 0.263 e. The maximum absolute atomic E-state index is 12.1. The summed E-state index contributed by atoms with van der Waals surface area (Å²) in [6.45, 7) is 0. The van der Waals surface area contributed by atoms with Crippen molar-refractivity contribution in [2.24, 2.45) is 0 Å². The van der Waals surface area contributed by atoms with Crippen LogP contribution >= 0.6 is 57.7 Å². The summed E-state index contributed by atoms with van der Waals surface area (Å²) < 4.78 is -1.74. The van der Waals surface area contributed by atoms with Crippen molar-refractivity contribution in [1.29, 1.82) is 0 Å². The third kappa shape index (κ3) is 4.66. The van der Waals surface area contributed by atoms with Crippen molar-refractivity contribution in [2.45, 2.75) is 9.96 Å². The lowest BCUT2D eigenvalue weighted by molar-refractivity contribution is 0.0946. The van der Waals surface area contributed by atoms with Gasteiger partial charge in [-0.1, -0.05) is 64.6 Å². The van der Waals surface area contributed by atoms with Crippen LogP contribution in [0.15, 0.2) is 41.8 Å². The first-order chi connectivity index (χ1) is 9.88. The van der Waals surface area contributed by atoms with E-state index in [0.29, 0.717) is 15.6 Å². The van der Waals surface area contributed by atoms with Gasteiger partial charge in [-0.15, -0.1) is 11.3 Å². The molecule has 0 saturated heterocycles. The Bertz CT molecular complexity index is 613. The molecule has 0 aliphatic rings. The first kappa shape index (κ1) is 16.7. The number of amides is 1. The van der Waals surface area contributed by atoms with E-state index >= 15 is 0 Å². The van der Waals surface area contributed by atoms with Gasteiger partial charge in [-0.3, -0.25) is 4.79 Å². The van der Waals surface area contributed by atoms with E-state index in [1.54, 1.807) is 41.8 Å². The first-order valence-electron chi connectivity index (χ1n) is 5.80. The zero-order valence-corrected chi connectivity index (χ0v) is 14.3. The molecule has 1 amide bonds. The van der Waals surface area contributed by atoms with E-state index in [0.717, 1.165) is 0 Å². The van der Waals surface area contributed by atoms with Gasteiger partial charge in [0, 0.05) is 0 Å². The van der Waals surface area contributed by atoms with E-state index in [4.69, 9.17) is 46.4 Å². The highest BCUT2D eigenvalue weighted by atomic mass is 35.6. The molecule has 0 bridgehead atoms. The van der Waals surface area contributed by atoms with Crippen LogP contribution in [0.5, 0.6) is 0 Å². The Morgan fingerprint density at radius 1 is 1.14 bits per heavy atom. The van der Waals surface area contributed by atoms with Gasteiger partial charge in [0.1, 0.15) is 6.17 Å². The lowest BCUT2D eigenvalue weighted by Crippen LogP contribution is -2.49. The van der Waals surface area contributed by atoms with Crippen LogP contribution in [0.4, 0.5) is 5.69 Å². The zero-order chi connectivity index (χ0) is 15.5. The third-order valence-electron chi connectivity index (χ3n) is 2.52. The van der Waals surface area contributed by atoms with Crippen molar-refractivity contribution in [2.75, 3.05) is 5.32 Å². The molecule has 2 aromatic rings. The summed E-state index contributed by atoms with van der Waals surface area (Å²) in [5.41, 5.74) is 0.557. The highest BCUT2D eigenvalue weighted by Gasteiger charge is 2.34. The van der Waals surface area contributed by atoms with Gasteiger partial charge in [0.15, 0.2) is 0 Å². The number of rotatable bonds is 4. The number of carbonyl (C=O) groups is 1. The second-order valence-electron chi connectivity index (χ2n) is 4.05. The minimum Gasteiger partial charge on any atom is -0.361 e. The number of nitrogens with one attached hydrogen (secondary N) is 2. The molecule has 1 aromatic carbocycles. The topological polar surface area (TPSA) is 41.1 Å². The maximum atomic E-state index is 12.1. The Morgan fingerprint density at radius 3 is 2.43 bits per heavy atom. The average Bonchev–Trinajstić information content (AvgIpc) is 2.93. The highest BCUT2D eigenvalue weighted by Crippen LogP contribution is 2.33. The van der Waals surface area contributed by atoms with Crippen molar-refractivity contribution in [3.63, 3.8) is 0 Å². The van der Waals surface area contributed by atoms with E-state index in [9.17, 15) is 4.79 Å². The molecule has 112 valence electrons. The Labute approximate surface area is 146 Å². The van der Waals surface area contributed by atoms with Gasteiger partial charge in [-0.25, -0.2) is 0 Å². The van der Waals surface area contributed by atoms with Crippen LogP contribution in [0.2, 0.25) is 5.02 Å². The van der Waals surface area contributed by atoms with Crippen molar-refractivity contribution in [1.82, 2.24) is 5.32 Å². The Balaban J connectivity index is 2.16. The number of anilines is 1. The molecule has 2 rings (SSSR count). The van der Waals surface area contributed by atoms with Crippen molar-refractivity contribution in [3.05, 3.63) is 51.7 Å². The summed E-state index contributed by atoms with van der Waals surface area (Å²) >= 11 is 25.1. The van der Waals surface area contributed by atoms with E-state index in [1.165, 1.54) is 11.3 Å². The zero-order valence-electron chi connectivity index (χ0n) is 10.4. The van der Waals surface area contributed by atoms with Gasteiger partial charge in [-0.05, 0) is 23.6 Å². The van der Waals surface area contributed by atoms with Crippen LogP contribution < -0.4 is 10.6 Å². The van der Waals surface area contributed by atoms with Crippen LogP contribution in [0, 0.1) is 0 Å².